The van der Waals surface area contributed by atoms with Crippen LogP contribution in [0.15, 0.2) is 103 Å². The van der Waals surface area contributed by atoms with Gasteiger partial charge in [-0.3, -0.25) is 19.2 Å². The van der Waals surface area contributed by atoms with E-state index in [9.17, 15) is 29.4 Å². The van der Waals surface area contributed by atoms with Crippen LogP contribution in [-0.2, 0) is 9.47 Å². The molecule has 12 heteroatoms. The average molecular weight is 753 g/mol. The van der Waals surface area contributed by atoms with Crippen molar-refractivity contribution < 1.29 is 48.3 Å². The molecule has 0 atom stereocenters. The summed E-state index contributed by atoms with van der Waals surface area (Å²) in [6.07, 6.45) is 0. The molecule has 0 aromatic heterocycles. The van der Waals surface area contributed by atoms with E-state index in [2.05, 4.69) is 0 Å². The molecule has 0 saturated carbocycles. The van der Waals surface area contributed by atoms with Crippen LogP contribution in [0.2, 0.25) is 0 Å². The first-order valence-electron chi connectivity index (χ1n) is 17.7. The van der Waals surface area contributed by atoms with Gasteiger partial charge in [0.15, 0.2) is 28.9 Å². The highest BCUT2D eigenvalue weighted by molar-refractivity contribution is 6.32. The number of hydrogen-bond donors (Lipinski definition) is 4. The number of benzene rings is 6. The third-order valence-corrected chi connectivity index (χ3v) is 9.37. The summed E-state index contributed by atoms with van der Waals surface area (Å²) < 4.78 is 21.9. The number of ketones is 4. The van der Waals surface area contributed by atoms with E-state index in [-0.39, 0.29) is 85.5 Å². The molecule has 6 aromatic carbocycles. The summed E-state index contributed by atoms with van der Waals surface area (Å²) in [5.41, 5.74) is 13.2. The number of carbonyl (C=O) groups excluding carboxylic acids is 4. The van der Waals surface area contributed by atoms with Crippen molar-refractivity contribution >= 4 is 45.3 Å². The van der Waals surface area contributed by atoms with Gasteiger partial charge in [-0.15, -0.1) is 0 Å². The van der Waals surface area contributed by atoms with Gasteiger partial charge in [0.1, 0.15) is 29.6 Å². The topological polar surface area (TPSA) is 198 Å². The van der Waals surface area contributed by atoms with E-state index in [0.29, 0.717) is 32.2 Å². The van der Waals surface area contributed by atoms with Crippen molar-refractivity contribution in [2.24, 2.45) is 0 Å². The fraction of sp³-hybridized carbons (Fsp3) is 0.136. The van der Waals surface area contributed by atoms with E-state index in [4.69, 9.17) is 30.4 Å². The van der Waals surface area contributed by atoms with Gasteiger partial charge in [-0.05, 0) is 29.8 Å². The molecule has 6 aromatic rings. The van der Waals surface area contributed by atoms with Gasteiger partial charge in [-0.25, -0.2) is 0 Å². The number of ether oxygens (including phenoxy) is 4. The first kappa shape index (κ1) is 37.3. The maximum absolute atomic E-state index is 13.0. The molecule has 0 unspecified atom stereocenters. The van der Waals surface area contributed by atoms with Crippen LogP contribution in [0.25, 0.3) is 10.8 Å². The molecule has 0 bridgehead atoms. The fourth-order valence-electron chi connectivity index (χ4n) is 6.68. The molecule has 2 aliphatic rings. The Bertz CT molecular complexity index is 2560. The summed E-state index contributed by atoms with van der Waals surface area (Å²) in [7, 11) is 0. The van der Waals surface area contributed by atoms with Crippen molar-refractivity contribution in [2.75, 3.05) is 44.5 Å². The molecule has 0 amide bonds. The molecular formula is C44H36N2O10. The molecule has 0 saturated heterocycles. The largest absolute Gasteiger partial charge is 0.507 e. The van der Waals surface area contributed by atoms with E-state index in [0.717, 1.165) is 10.8 Å². The second-order valence-electron chi connectivity index (χ2n) is 12.8. The quantitative estimate of drug-likeness (QED) is 0.0643. The summed E-state index contributed by atoms with van der Waals surface area (Å²) in [4.78, 5) is 51.3. The molecule has 2 aliphatic carbocycles. The van der Waals surface area contributed by atoms with Crippen LogP contribution >= 0.6 is 0 Å². The summed E-state index contributed by atoms with van der Waals surface area (Å²) in [5, 5.41) is 22.9. The van der Waals surface area contributed by atoms with Crippen LogP contribution in [-0.4, -0.2) is 66.4 Å². The first-order chi connectivity index (χ1) is 27.1. The van der Waals surface area contributed by atoms with Crippen LogP contribution in [0, 0.1) is 0 Å². The Morgan fingerprint density at radius 1 is 0.500 bits per heavy atom. The monoisotopic (exact) mass is 752 g/mol. The minimum atomic E-state index is -0.435. The molecule has 0 spiro atoms. The van der Waals surface area contributed by atoms with Crippen LogP contribution in [0.4, 0.5) is 11.4 Å². The van der Waals surface area contributed by atoms with Crippen molar-refractivity contribution in [3.8, 4) is 28.7 Å². The van der Waals surface area contributed by atoms with Gasteiger partial charge in [-0.1, -0.05) is 78.9 Å². The summed E-state index contributed by atoms with van der Waals surface area (Å²) in [6.45, 7) is 3.92. The zero-order chi connectivity index (χ0) is 39.5. The van der Waals surface area contributed by atoms with Crippen molar-refractivity contribution in [2.45, 2.75) is 6.92 Å². The minimum absolute atomic E-state index is 0.0223. The molecule has 282 valence electrons. The highest BCUT2D eigenvalue weighted by Crippen LogP contribution is 2.43. The standard InChI is InChI=1S/C24H15NO4.C20H21NO6/c25-22-19(29-15-10-9-13-5-1-2-6-14(13)11-15)12-18(26)20-21(22)24(28)17-8-4-3-7-16(17)23(20)27;1-2-25-7-8-26-9-10-27-15-11-14(22)16-17(18(15)21)20(24)13-6-4-3-5-12(13)19(16)23/h1-12,26H,25H2;3-6,11,22H,2,7-10,21H2,1H3. The summed E-state index contributed by atoms with van der Waals surface area (Å²) >= 11 is 0. The Kier molecular flexibility index (Phi) is 10.5. The molecule has 0 aliphatic heterocycles. The third-order valence-electron chi connectivity index (χ3n) is 9.37. The number of phenolic OH excluding ortho intramolecular Hbond substituents is 2. The maximum atomic E-state index is 13.0. The van der Waals surface area contributed by atoms with Gasteiger partial charge in [0.05, 0.1) is 53.4 Å². The van der Waals surface area contributed by atoms with Gasteiger partial charge in [0, 0.05) is 41.0 Å². The number of phenols is 2. The summed E-state index contributed by atoms with van der Waals surface area (Å²) in [6, 6.07) is 28.8. The van der Waals surface area contributed by atoms with E-state index >= 15 is 0 Å². The second-order valence-corrected chi connectivity index (χ2v) is 12.8. The van der Waals surface area contributed by atoms with Crippen molar-refractivity contribution in [1.29, 1.82) is 0 Å². The SMILES string of the molecule is CCOCCOCCOc1cc(O)c2c(c1N)C(=O)c1ccccc1C2=O.Nc1c(Oc2ccc3ccccc3c2)cc(O)c2c1C(=O)c1ccccc1C2=O. The second kappa shape index (κ2) is 15.8. The molecule has 56 heavy (non-hydrogen) atoms. The normalized spacial score (nSPS) is 12.6. The van der Waals surface area contributed by atoms with Crippen molar-refractivity contribution in [3.63, 3.8) is 0 Å². The van der Waals surface area contributed by atoms with Gasteiger partial charge in [0.2, 0.25) is 0 Å². The van der Waals surface area contributed by atoms with Gasteiger partial charge in [0.25, 0.3) is 0 Å². The molecular weight excluding hydrogens is 716 g/mol. The number of anilines is 2. The Balaban J connectivity index is 0.000000172. The van der Waals surface area contributed by atoms with E-state index in [1.54, 1.807) is 54.6 Å². The fourth-order valence-corrected chi connectivity index (χ4v) is 6.68. The Morgan fingerprint density at radius 2 is 0.946 bits per heavy atom. The highest BCUT2D eigenvalue weighted by atomic mass is 16.5. The van der Waals surface area contributed by atoms with Crippen LogP contribution in [0.1, 0.15) is 70.6 Å². The van der Waals surface area contributed by atoms with Crippen LogP contribution < -0.4 is 20.9 Å². The van der Waals surface area contributed by atoms with Crippen LogP contribution in [0.3, 0.4) is 0 Å². The van der Waals surface area contributed by atoms with E-state index in [1.807, 2.05) is 43.3 Å². The molecule has 0 fully saturated rings. The predicted molar refractivity (Wildman–Crippen MR) is 208 cm³/mol. The zero-order valence-electron chi connectivity index (χ0n) is 30.2. The number of carbonyl (C=O) groups is 4. The number of rotatable bonds is 10. The molecule has 8 rings (SSSR count). The molecule has 12 nitrogen and oxygen atoms in total. The van der Waals surface area contributed by atoms with Gasteiger partial charge < -0.3 is 40.6 Å². The first-order valence-corrected chi connectivity index (χ1v) is 17.7. The van der Waals surface area contributed by atoms with E-state index < -0.39 is 23.1 Å². The number of nitrogen functional groups attached to an aromatic ring is 2. The Morgan fingerprint density at radius 3 is 1.50 bits per heavy atom. The van der Waals surface area contributed by atoms with Crippen molar-refractivity contribution in [3.05, 3.63) is 148 Å². The predicted octanol–water partition coefficient (Wildman–Crippen LogP) is 6.88. The smallest absolute Gasteiger partial charge is 0.198 e. The van der Waals surface area contributed by atoms with Crippen LogP contribution in [0.5, 0.6) is 28.7 Å². The highest BCUT2D eigenvalue weighted by Gasteiger charge is 2.36. The Hall–Kier alpha value is -7.02. The molecule has 6 N–H and O–H groups in total. The number of hydrogen-bond acceptors (Lipinski definition) is 12. The van der Waals surface area contributed by atoms with Gasteiger partial charge >= 0.3 is 0 Å². The molecule has 0 radical (unpaired) electrons. The number of nitrogens with two attached hydrogens (primary N) is 2. The minimum Gasteiger partial charge on any atom is -0.507 e. The maximum Gasteiger partial charge on any atom is 0.198 e. The molecule has 0 heterocycles. The number of aromatic hydroxyl groups is 2. The Labute approximate surface area is 320 Å². The lowest BCUT2D eigenvalue weighted by Crippen LogP contribution is -2.23. The lowest BCUT2D eigenvalue weighted by molar-refractivity contribution is 0.0405. The zero-order valence-corrected chi connectivity index (χ0v) is 30.2. The van der Waals surface area contributed by atoms with Crippen molar-refractivity contribution in [1.82, 2.24) is 0 Å². The summed E-state index contributed by atoms with van der Waals surface area (Å²) in [5.74, 6) is -1.59. The third kappa shape index (κ3) is 6.90. The van der Waals surface area contributed by atoms with E-state index in [1.165, 1.54) is 12.1 Å². The lowest BCUT2D eigenvalue weighted by Gasteiger charge is -2.21. The average Bonchev–Trinajstić information content (AvgIpc) is 3.21. The number of fused-ring (bicyclic) bond motifs is 5. The van der Waals surface area contributed by atoms with Gasteiger partial charge in [-0.2, -0.15) is 0 Å². The lowest BCUT2D eigenvalue weighted by atomic mass is 9.82.